The zero-order valence-corrected chi connectivity index (χ0v) is 18.3. The average molecular weight is 460 g/mol. The van der Waals surface area contributed by atoms with Gasteiger partial charge in [0.05, 0.1) is 12.2 Å². The van der Waals surface area contributed by atoms with Crippen LogP contribution in [-0.2, 0) is 17.8 Å². The van der Waals surface area contributed by atoms with Crippen LogP contribution in [0.3, 0.4) is 0 Å². The van der Waals surface area contributed by atoms with E-state index in [-0.39, 0.29) is 11.5 Å². The van der Waals surface area contributed by atoms with E-state index in [4.69, 9.17) is 4.74 Å². The third-order valence-electron chi connectivity index (χ3n) is 5.64. The third-order valence-corrected chi connectivity index (χ3v) is 5.64. The number of fused-ring (bicyclic) bond motifs is 1. The highest BCUT2D eigenvalue weighted by Crippen LogP contribution is 2.41. The van der Waals surface area contributed by atoms with Crippen molar-refractivity contribution in [2.24, 2.45) is 0 Å². The van der Waals surface area contributed by atoms with E-state index < -0.39 is 11.6 Å². The highest BCUT2D eigenvalue weighted by molar-refractivity contribution is 5.92. The Morgan fingerprint density at radius 2 is 1.94 bits per heavy atom. The lowest BCUT2D eigenvalue weighted by Crippen LogP contribution is -2.15. The van der Waals surface area contributed by atoms with Crippen LogP contribution in [0, 0.1) is 11.6 Å². The summed E-state index contributed by atoms with van der Waals surface area (Å²) in [6.45, 7) is 1.14. The number of halogens is 2. The van der Waals surface area contributed by atoms with Crippen molar-refractivity contribution < 1.29 is 18.3 Å². The predicted molar refractivity (Wildman–Crippen MR) is 124 cm³/mol. The molecule has 2 aromatic carbocycles. The molecule has 0 radical (unpaired) electrons. The number of benzene rings is 2. The maximum absolute atomic E-state index is 14.7. The van der Waals surface area contributed by atoms with E-state index in [0.717, 1.165) is 18.1 Å². The van der Waals surface area contributed by atoms with Gasteiger partial charge in [0.25, 0.3) is 0 Å². The molecule has 3 heterocycles. The van der Waals surface area contributed by atoms with E-state index in [0.29, 0.717) is 54.5 Å². The molecule has 0 saturated heterocycles. The van der Waals surface area contributed by atoms with Crippen LogP contribution >= 0.6 is 0 Å². The van der Waals surface area contributed by atoms with Crippen molar-refractivity contribution >= 4 is 11.7 Å². The molecule has 6 nitrogen and oxygen atoms in total. The molecule has 0 bridgehead atoms. The molecule has 0 fully saturated rings. The highest BCUT2D eigenvalue weighted by Gasteiger charge is 2.26. The molecule has 34 heavy (non-hydrogen) atoms. The van der Waals surface area contributed by atoms with Gasteiger partial charge in [-0.3, -0.25) is 4.79 Å². The molecule has 0 spiro atoms. The molecule has 1 aliphatic heterocycles. The van der Waals surface area contributed by atoms with Crippen molar-refractivity contribution in [1.29, 1.82) is 0 Å². The summed E-state index contributed by atoms with van der Waals surface area (Å²) in [4.78, 5) is 16.8. The van der Waals surface area contributed by atoms with Gasteiger partial charge in [0, 0.05) is 37.2 Å². The van der Waals surface area contributed by atoms with E-state index in [1.165, 1.54) is 12.1 Å². The van der Waals surface area contributed by atoms with Crippen molar-refractivity contribution in [1.82, 2.24) is 14.8 Å². The van der Waals surface area contributed by atoms with Gasteiger partial charge in [0.15, 0.2) is 0 Å². The number of pyridine rings is 1. The highest BCUT2D eigenvalue weighted by atomic mass is 19.1. The SMILES string of the molecule is O=C(CCc1ccccc1)Nc1cc(-c2c(-c3ccc(F)cc3F)nn3c2OCCC3)ccn1. The van der Waals surface area contributed by atoms with Gasteiger partial charge in [0.2, 0.25) is 11.8 Å². The minimum absolute atomic E-state index is 0.161. The number of anilines is 1. The fourth-order valence-corrected chi connectivity index (χ4v) is 4.02. The quantitative estimate of drug-likeness (QED) is 0.427. The maximum Gasteiger partial charge on any atom is 0.225 e. The Kier molecular flexibility index (Phi) is 6.03. The fraction of sp³-hybridized carbons (Fsp3) is 0.192. The third kappa shape index (κ3) is 4.52. The molecule has 0 unspecified atom stereocenters. The van der Waals surface area contributed by atoms with Crippen molar-refractivity contribution in [2.75, 3.05) is 11.9 Å². The monoisotopic (exact) mass is 460 g/mol. The van der Waals surface area contributed by atoms with Crippen LogP contribution in [0.5, 0.6) is 5.88 Å². The number of aryl methyl sites for hydroxylation is 2. The lowest BCUT2D eigenvalue weighted by Gasteiger charge is -2.16. The smallest absolute Gasteiger partial charge is 0.225 e. The molecule has 5 rings (SSSR count). The molecular weight excluding hydrogens is 438 g/mol. The van der Waals surface area contributed by atoms with Crippen LogP contribution in [0.4, 0.5) is 14.6 Å². The van der Waals surface area contributed by atoms with Crippen LogP contribution in [0.15, 0.2) is 66.9 Å². The Balaban J connectivity index is 1.45. The molecule has 1 N–H and O–H groups in total. The van der Waals surface area contributed by atoms with E-state index >= 15 is 0 Å². The van der Waals surface area contributed by atoms with Crippen molar-refractivity contribution in [3.8, 4) is 28.3 Å². The number of nitrogens with zero attached hydrogens (tertiary/aromatic N) is 3. The lowest BCUT2D eigenvalue weighted by molar-refractivity contribution is -0.116. The largest absolute Gasteiger partial charge is 0.477 e. The summed E-state index contributed by atoms with van der Waals surface area (Å²) in [7, 11) is 0. The molecule has 2 aromatic heterocycles. The number of hydrogen-bond donors (Lipinski definition) is 1. The summed E-state index contributed by atoms with van der Waals surface area (Å²) >= 11 is 0. The van der Waals surface area contributed by atoms with Crippen LogP contribution < -0.4 is 10.1 Å². The first-order chi connectivity index (χ1) is 16.6. The second-order valence-corrected chi connectivity index (χ2v) is 8.04. The molecule has 0 saturated carbocycles. The Bertz CT molecular complexity index is 1340. The predicted octanol–water partition coefficient (Wildman–Crippen LogP) is 5.24. The first-order valence-corrected chi connectivity index (χ1v) is 11.1. The minimum atomic E-state index is -0.708. The Labute approximate surface area is 195 Å². The minimum Gasteiger partial charge on any atom is -0.477 e. The molecule has 0 atom stereocenters. The number of carbonyl (C=O) groups excluding carboxylic acids is 1. The molecular formula is C26H22F2N4O2. The normalized spacial score (nSPS) is 12.6. The molecule has 0 aliphatic carbocycles. The van der Waals surface area contributed by atoms with Gasteiger partial charge in [-0.05, 0) is 41.8 Å². The zero-order valence-electron chi connectivity index (χ0n) is 18.3. The van der Waals surface area contributed by atoms with Crippen LogP contribution in [0.25, 0.3) is 22.4 Å². The van der Waals surface area contributed by atoms with Crippen LogP contribution in [0.1, 0.15) is 18.4 Å². The number of amides is 1. The summed E-state index contributed by atoms with van der Waals surface area (Å²) in [6.07, 6.45) is 3.28. The van der Waals surface area contributed by atoms with Gasteiger partial charge in [-0.25, -0.2) is 18.4 Å². The fourth-order valence-electron chi connectivity index (χ4n) is 4.02. The molecule has 172 valence electrons. The summed E-state index contributed by atoms with van der Waals surface area (Å²) in [6, 6.07) is 16.6. The molecule has 1 amide bonds. The zero-order chi connectivity index (χ0) is 23.5. The van der Waals surface area contributed by atoms with Gasteiger partial charge in [-0.1, -0.05) is 30.3 Å². The summed E-state index contributed by atoms with van der Waals surface area (Å²) in [5.74, 6) is -0.645. The van der Waals surface area contributed by atoms with Gasteiger partial charge < -0.3 is 10.1 Å². The average Bonchev–Trinajstić information content (AvgIpc) is 3.23. The van der Waals surface area contributed by atoms with Gasteiger partial charge in [-0.15, -0.1) is 0 Å². The Morgan fingerprint density at radius 1 is 1.09 bits per heavy atom. The Morgan fingerprint density at radius 3 is 2.76 bits per heavy atom. The lowest BCUT2D eigenvalue weighted by atomic mass is 10.0. The summed E-state index contributed by atoms with van der Waals surface area (Å²) in [5.41, 5.74) is 2.84. The molecule has 8 heteroatoms. The number of ether oxygens (including phenoxy) is 1. The van der Waals surface area contributed by atoms with E-state index in [1.807, 2.05) is 30.3 Å². The standard InChI is InChI=1S/C26H22F2N4O2/c27-19-8-9-20(21(28)16-19)25-24(26-32(31-25)13-4-14-34-26)18-11-12-29-22(15-18)30-23(33)10-7-17-5-2-1-3-6-17/h1-3,5-6,8-9,11-12,15-16H,4,7,10,13-14H2,(H,29,30,33). The topological polar surface area (TPSA) is 69.0 Å². The maximum atomic E-state index is 14.7. The van der Waals surface area contributed by atoms with Gasteiger partial charge in [-0.2, -0.15) is 5.10 Å². The molecule has 4 aromatic rings. The number of nitrogens with one attached hydrogen (secondary N) is 1. The second-order valence-electron chi connectivity index (χ2n) is 8.04. The van der Waals surface area contributed by atoms with Gasteiger partial charge in [0.1, 0.15) is 23.1 Å². The van der Waals surface area contributed by atoms with E-state index in [1.54, 1.807) is 23.0 Å². The second kappa shape index (κ2) is 9.43. The van der Waals surface area contributed by atoms with E-state index in [9.17, 15) is 13.6 Å². The number of hydrogen-bond acceptors (Lipinski definition) is 4. The summed E-state index contributed by atoms with van der Waals surface area (Å²) < 4.78 is 35.8. The molecule has 1 aliphatic rings. The number of aromatic nitrogens is 3. The van der Waals surface area contributed by atoms with Crippen LogP contribution in [0.2, 0.25) is 0 Å². The van der Waals surface area contributed by atoms with Crippen molar-refractivity contribution in [3.63, 3.8) is 0 Å². The van der Waals surface area contributed by atoms with E-state index in [2.05, 4.69) is 15.4 Å². The van der Waals surface area contributed by atoms with Gasteiger partial charge >= 0.3 is 0 Å². The van der Waals surface area contributed by atoms with Crippen molar-refractivity contribution in [3.05, 3.63) is 84.1 Å². The number of rotatable bonds is 6. The summed E-state index contributed by atoms with van der Waals surface area (Å²) in [5, 5.41) is 7.39. The first-order valence-electron chi connectivity index (χ1n) is 11.1. The van der Waals surface area contributed by atoms with Crippen molar-refractivity contribution in [2.45, 2.75) is 25.8 Å². The first kappa shape index (κ1) is 21.8. The number of carbonyl (C=O) groups is 1. The Hall–Kier alpha value is -4.07. The van der Waals surface area contributed by atoms with Crippen LogP contribution in [-0.4, -0.2) is 27.3 Å².